The summed E-state index contributed by atoms with van der Waals surface area (Å²) in [6, 6.07) is 1.70. The second kappa shape index (κ2) is 4.74. The molecule has 2 N–H and O–H groups in total. The van der Waals surface area contributed by atoms with Gasteiger partial charge in [0, 0.05) is 21.8 Å². The van der Waals surface area contributed by atoms with Crippen LogP contribution in [0.2, 0.25) is 0 Å². The van der Waals surface area contributed by atoms with Crippen LogP contribution in [0.25, 0.3) is 0 Å². The SMILES string of the molecule is CNC(=O)C(NC)c1cc(Br)cs1. The van der Waals surface area contributed by atoms with Crippen LogP contribution in [0.3, 0.4) is 0 Å². The number of carbonyl (C=O) groups excluding carboxylic acids is 1. The second-order valence-corrected chi connectivity index (χ2v) is 4.36. The molecular weight excluding hydrogens is 252 g/mol. The minimum atomic E-state index is -0.249. The molecule has 0 spiro atoms. The molecule has 1 unspecified atom stereocenters. The molecule has 1 rings (SSSR count). The zero-order valence-corrected chi connectivity index (χ0v) is 9.83. The van der Waals surface area contributed by atoms with E-state index < -0.39 is 0 Å². The molecule has 0 aliphatic rings. The lowest BCUT2D eigenvalue weighted by Gasteiger charge is -2.11. The van der Waals surface area contributed by atoms with Gasteiger partial charge in [-0.3, -0.25) is 4.79 Å². The standard InChI is InChI=1S/C8H11BrN2OS/c1-10-7(8(12)11-2)6-3-5(9)4-13-6/h3-4,7,10H,1-2H3,(H,11,12). The molecule has 1 heterocycles. The maximum Gasteiger partial charge on any atom is 0.242 e. The molecule has 13 heavy (non-hydrogen) atoms. The van der Waals surface area contributed by atoms with E-state index >= 15 is 0 Å². The van der Waals surface area contributed by atoms with Crippen LogP contribution in [0.15, 0.2) is 15.9 Å². The number of likely N-dealkylation sites (N-methyl/N-ethyl adjacent to an activating group) is 2. The lowest BCUT2D eigenvalue weighted by atomic mass is 10.2. The smallest absolute Gasteiger partial charge is 0.242 e. The van der Waals surface area contributed by atoms with Crippen molar-refractivity contribution < 1.29 is 4.79 Å². The van der Waals surface area contributed by atoms with Crippen LogP contribution in [-0.4, -0.2) is 20.0 Å². The molecule has 1 aromatic heterocycles. The molecule has 0 bridgehead atoms. The predicted octanol–water partition coefficient (Wildman–Crippen LogP) is 1.52. The Morgan fingerprint density at radius 2 is 2.31 bits per heavy atom. The fourth-order valence-electron chi connectivity index (χ4n) is 1.03. The van der Waals surface area contributed by atoms with Crippen molar-refractivity contribution in [1.82, 2.24) is 10.6 Å². The Morgan fingerprint density at radius 3 is 2.69 bits per heavy atom. The Morgan fingerprint density at radius 1 is 1.62 bits per heavy atom. The van der Waals surface area contributed by atoms with E-state index in [4.69, 9.17) is 0 Å². The lowest BCUT2D eigenvalue weighted by Crippen LogP contribution is -2.33. The first-order valence-electron chi connectivity index (χ1n) is 3.81. The molecule has 0 radical (unpaired) electrons. The lowest BCUT2D eigenvalue weighted by molar-refractivity contribution is -0.122. The topological polar surface area (TPSA) is 41.1 Å². The van der Waals surface area contributed by atoms with E-state index in [1.807, 2.05) is 11.4 Å². The predicted molar refractivity (Wildman–Crippen MR) is 57.9 cm³/mol. The number of halogens is 1. The number of thiophene rings is 1. The summed E-state index contributed by atoms with van der Waals surface area (Å²) < 4.78 is 1.01. The number of hydrogen-bond donors (Lipinski definition) is 2. The van der Waals surface area contributed by atoms with Gasteiger partial charge in [0.05, 0.1) is 0 Å². The second-order valence-electron chi connectivity index (χ2n) is 2.50. The minimum absolute atomic E-state index is 0.0168. The maximum atomic E-state index is 11.4. The first-order valence-corrected chi connectivity index (χ1v) is 5.49. The van der Waals surface area contributed by atoms with E-state index in [1.165, 1.54) is 0 Å². The zero-order valence-electron chi connectivity index (χ0n) is 7.43. The van der Waals surface area contributed by atoms with Gasteiger partial charge >= 0.3 is 0 Å². The minimum Gasteiger partial charge on any atom is -0.357 e. The molecule has 3 nitrogen and oxygen atoms in total. The van der Waals surface area contributed by atoms with Gasteiger partial charge in [-0.25, -0.2) is 0 Å². The van der Waals surface area contributed by atoms with Crippen molar-refractivity contribution in [2.24, 2.45) is 0 Å². The van der Waals surface area contributed by atoms with E-state index in [0.717, 1.165) is 9.35 Å². The normalized spacial score (nSPS) is 12.5. The van der Waals surface area contributed by atoms with Crippen LogP contribution in [0.4, 0.5) is 0 Å². The largest absolute Gasteiger partial charge is 0.357 e. The number of rotatable bonds is 3. The van der Waals surface area contributed by atoms with Gasteiger partial charge in [-0.05, 0) is 29.0 Å². The van der Waals surface area contributed by atoms with E-state index in [-0.39, 0.29) is 11.9 Å². The van der Waals surface area contributed by atoms with Crippen molar-refractivity contribution >= 4 is 33.2 Å². The summed E-state index contributed by atoms with van der Waals surface area (Å²) in [5, 5.41) is 7.53. The third-order valence-corrected chi connectivity index (χ3v) is 3.43. The van der Waals surface area contributed by atoms with Crippen LogP contribution in [0.1, 0.15) is 10.9 Å². The molecule has 1 atom stereocenters. The molecule has 5 heteroatoms. The Labute approximate surface area is 89.7 Å². The van der Waals surface area contributed by atoms with Crippen molar-refractivity contribution in [3.05, 3.63) is 20.8 Å². The highest BCUT2D eigenvalue weighted by Gasteiger charge is 2.18. The average molecular weight is 263 g/mol. The molecule has 0 saturated heterocycles. The highest BCUT2D eigenvalue weighted by molar-refractivity contribution is 9.10. The quantitative estimate of drug-likeness (QED) is 0.868. The molecule has 0 aliphatic carbocycles. The van der Waals surface area contributed by atoms with Gasteiger partial charge in [-0.15, -0.1) is 11.3 Å². The van der Waals surface area contributed by atoms with Gasteiger partial charge < -0.3 is 10.6 Å². The molecule has 0 fully saturated rings. The maximum absolute atomic E-state index is 11.4. The van der Waals surface area contributed by atoms with E-state index in [0.29, 0.717) is 0 Å². The first kappa shape index (κ1) is 10.7. The molecule has 0 aliphatic heterocycles. The number of nitrogens with one attached hydrogen (secondary N) is 2. The van der Waals surface area contributed by atoms with Crippen molar-refractivity contribution in [2.45, 2.75) is 6.04 Å². The van der Waals surface area contributed by atoms with Crippen LogP contribution in [0, 0.1) is 0 Å². The fraction of sp³-hybridized carbons (Fsp3) is 0.375. The van der Waals surface area contributed by atoms with Gasteiger partial charge in [-0.1, -0.05) is 0 Å². The summed E-state index contributed by atoms with van der Waals surface area (Å²) >= 11 is 4.91. The highest BCUT2D eigenvalue weighted by Crippen LogP contribution is 2.25. The summed E-state index contributed by atoms with van der Waals surface area (Å²) in [5.41, 5.74) is 0. The molecule has 72 valence electrons. The van der Waals surface area contributed by atoms with Crippen molar-refractivity contribution in [3.63, 3.8) is 0 Å². The van der Waals surface area contributed by atoms with Gasteiger partial charge in [-0.2, -0.15) is 0 Å². The molecular formula is C8H11BrN2OS. The summed E-state index contributed by atoms with van der Waals surface area (Å²) in [4.78, 5) is 12.4. The van der Waals surface area contributed by atoms with E-state index in [2.05, 4.69) is 26.6 Å². The van der Waals surface area contributed by atoms with Crippen LogP contribution in [0.5, 0.6) is 0 Å². The molecule has 0 aromatic carbocycles. The van der Waals surface area contributed by atoms with Gasteiger partial charge in [0.15, 0.2) is 0 Å². The van der Waals surface area contributed by atoms with E-state index in [9.17, 15) is 4.79 Å². The first-order chi connectivity index (χ1) is 6.19. The third-order valence-electron chi connectivity index (χ3n) is 1.67. The number of hydrogen-bond acceptors (Lipinski definition) is 3. The fourth-order valence-corrected chi connectivity index (χ4v) is 2.58. The summed E-state index contributed by atoms with van der Waals surface area (Å²) in [7, 11) is 3.41. The Bertz CT molecular complexity index is 300. The third kappa shape index (κ3) is 2.52. The van der Waals surface area contributed by atoms with Crippen molar-refractivity contribution in [1.29, 1.82) is 0 Å². The van der Waals surface area contributed by atoms with Crippen molar-refractivity contribution in [2.75, 3.05) is 14.1 Å². The van der Waals surface area contributed by atoms with Gasteiger partial charge in [0.1, 0.15) is 6.04 Å². The van der Waals surface area contributed by atoms with Crippen LogP contribution >= 0.6 is 27.3 Å². The Balaban J connectivity index is 2.84. The van der Waals surface area contributed by atoms with Gasteiger partial charge in [0.2, 0.25) is 5.91 Å². The van der Waals surface area contributed by atoms with Crippen molar-refractivity contribution in [3.8, 4) is 0 Å². The average Bonchev–Trinajstić information content (AvgIpc) is 2.53. The summed E-state index contributed by atoms with van der Waals surface area (Å²) in [6.45, 7) is 0. The van der Waals surface area contributed by atoms with Crippen LogP contribution < -0.4 is 10.6 Å². The molecule has 0 saturated carbocycles. The summed E-state index contributed by atoms with van der Waals surface area (Å²) in [5.74, 6) is -0.0168. The Kier molecular flexibility index (Phi) is 3.90. The molecule has 1 amide bonds. The summed E-state index contributed by atoms with van der Waals surface area (Å²) in [6.07, 6.45) is 0. The zero-order chi connectivity index (χ0) is 9.84. The van der Waals surface area contributed by atoms with Gasteiger partial charge in [0.25, 0.3) is 0 Å². The van der Waals surface area contributed by atoms with Crippen LogP contribution in [-0.2, 0) is 4.79 Å². The monoisotopic (exact) mass is 262 g/mol. The number of carbonyl (C=O) groups is 1. The Hall–Kier alpha value is -0.390. The number of amides is 1. The van der Waals surface area contributed by atoms with E-state index in [1.54, 1.807) is 25.4 Å². The molecule has 1 aromatic rings. The highest BCUT2D eigenvalue weighted by atomic mass is 79.9.